The SMILES string of the molecule is CCCCc1c(O)ccc(C(=O)OC)c1C(=O)O. The third-order valence-corrected chi connectivity index (χ3v) is 2.69. The van der Waals surface area contributed by atoms with E-state index in [1.54, 1.807) is 0 Å². The van der Waals surface area contributed by atoms with Crippen LogP contribution in [-0.2, 0) is 11.2 Å². The van der Waals surface area contributed by atoms with Gasteiger partial charge in [0.1, 0.15) is 5.75 Å². The molecule has 0 fully saturated rings. The Kier molecular flexibility index (Phi) is 4.71. The molecule has 1 rings (SSSR count). The summed E-state index contributed by atoms with van der Waals surface area (Å²) >= 11 is 0. The predicted octanol–water partition coefficient (Wildman–Crippen LogP) is 2.22. The van der Waals surface area contributed by atoms with E-state index in [1.165, 1.54) is 19.2 Å². The van der Waals surface area contributed by atoms with E-state index in [0.717, 1.165) is 12.8 Å². The van der Waals surface area contributed by atoms with Crippen LogP contribution in [0.2, 0.25) is 0 Å². The highest BCUT2D eigenvalue weighted by molar-refractivity contribution is 6.04. The lowest BCUT2D eigenvalue weighted by Gasteiger charge is -2.11. The number of carbonyl (C=O) groups excluding carboxylic acids is 1. The fourth-order valence-electron chi connectivity index (χ4n) is 1.77. The topological polar surface area (TPSA) is 83.8 Å². The number of aromatic carboxylic acids is 1. The summed E-state index contributed by atoms with van der Waals surface area (Å²) in [6, 6.07) is 2.59. The zero-order valence-electron chi connectivity index (χ0n) is 10.4. The van der Waals surface area contributed by atoms with E-state index in [4.69, 9.17) is 0 Å². The van der Waals surface area contributed by atoms with Crippen molar-refractivity contribution in [2.24, 2.45) is 0 Å². The fourth-order valence-corrected chi connectivity index (χ4v) is 1.77. The minimum atomic E-state index is -1.24. The maximum atomic E-state index is 11.5. The Morgan fingerprint density at radius 2 is 2.00 bits per heavy atom. The summed E-state index contributed by atoms with van der Waals surface area (Å²) in [7, 11) is 1.19. The fraction of sp³-hybridized carbons (Fsp3) is 0.385. The molecular weight excluding hydrogens is 236 g/mol. The molecule has 1 aromatic carbocycles. The summed E-state index contributed by atoms with van der Waals surface area (Å²) in [4.78, 5) is 22.8. The summed E-state index contributed by atoms with van der Waals surface area (Å²) in [5.41, 5.74) is 0.0800. The minimum Gasteiger partial charge on any atom is -0.508 e. The Bertz CT molecular complexity index is 465. The van der Waals surface area contributed by atoms with E-state index in [-0.39, 0.29) is 22.4 Å². The van der Waals surface area contributed by atoms with E-state index in [2.05, 4.69) is 4.74 Å². The Morgan fingerprint density at radius 1 is 1.33 bits per heavy atom. The third-order valence-electron chi connectivity index (χ3n) is 2.69. The van der Waals surface area contributed by atoms with Gasteiger partial charge < -0.3 is 14.9 Å². The van der Waals surface area contributed by atoms with Gasteiger partial charge in [0.25, 0.3) is 0 Å². The Morgan fingerprint density at radius 3 is 2.50 bits per heavy atom. The van der Waals surface area contributed by atoms with Gasteiger partial charge in [-0.1, -0.05) is 13.3 Å². The molecule has 0 atom stereocenters. The van der Waals surface area contributed by atoms with Gasteiger partial charge in [-0.2, -0.15) is 0 Å². The van der Waals surface area contributed by atoms with Crippen LogP contribution in [-0.4, -0.2) is 29.3 Å². The Labute approximate surface area is 105 Å². The van der Waals surface area contributed by atoms with Crippen LogP contribution in [0.15, 0.2) is 12.1 Å². The Hall–Kier alpha value is -2.04. The van der Waals surface area contributed by atoms with Crippen molar-refractivity contribution in [2.45, 2.75) is 26.2 Å². The van der Waals surface area contributed by atoms with Crippen molar-refractivity contribution in [1.82, 2.24) is 0 Å². The molecule has 0 amide bonds. The second kappa shape index (κ2) is 6.05. The normalized spacial score (nSPS) is 10.1. The number of benzene rings is 1. The van der Waals surface area contributed by atoms with Gasteiger partial charge in [0, 0.05) is 5.56 Å². The number of carboxylic acid groups (broad SMARTS) is 1. The molecule has 1 aromatic rings. The lowest BCUT2D eigenvalue weighted by Crippen LogP contribution is -2.13. The molecule has 0 aliphatic heterocycles. The molecular formula is C13H16O5. The number of carboxylic acids is 1. The molecule has 0 aliphatic carbocycles. The van der Waals surface area contributed by atoms with Crippen molar-refractivity contribution >= 4 is 11.9 Å². The summed E-state index contributed by atoms with van der Waals surface area (Å²) in [6.45, 7) is 1.96. The molecule has 0 saturated carbocycles. The minimum absolute atomic E-state index is 0.0334. The van der Waals surface area contributed by atoms with Crippen LogP contribution in [0.4, 0.5) is 0 Å². The van der Waals surface area contributed by atoms with Gasteiger partial charge >= 0.3 is 11.9 Å². The first-order chi connectivity index (χ1) is 8.52. The first-order valence-corrected chi connectivity index (χ1v) is 5.69. The summed E-state index contributed by atoms with van der Waals surface area (Å²) in [5, 5.41) is 18.9. The van der Waals surface area contributed by atoms with Crippen LogP contribution in [0, 0.1) is 0 Å². The van der Waals surface area contributed by atoms with E-state index >= 15 is 0 Å². The number of phenols is 1. The highest BCUT2D eigenvalue weighted by atomic mass is 16.5. The van der Waals surface area contributed by atoms with E-state index in [1.807, 2.05) is 6.92 Å². The first kappa shape index (κ1) is 14.0. The number of hydrogen-bond acceptors (Lipinski definition) is 4. The first-order valence-electron chi connectivity index (χ1n) is 5.69. The number of methoxy groups -OCH3 is 1. The van der Waals surface area contributed by atoms with Crippen molar-refractivity contribution in [2.75, 3.05) is 7.11 Å². The zero-order valence-corrected chi connectivity index (χ0v) is 10.4. The van der Waals surface area contributed by atoms with Crippen molar-refractivity contribution in [3.05, 3.63) is 28.8 Å². The van der Waals surface area contributed by atoms with Crippen molar-refractivity contribution in [3.63, 3.8) is 0 Å². The standard InChI is InChI=1S/C13H16O5/c1-3-4-5-8-10(14)7-6-9(13(17)18-2)11(8)12(15)16/h6-7,14H,3-5H2,1-2H3,(H,15,16). The van der Waals surface area contributed by atoms with Gasteiger partial charge in [-0.05, 0) is 25.0 Å². The second-order valence-corrected chi connectivity index (χ2v) is 3.89. The number of aromatic hydroxyl groups is 1. The van der Waals surface area contributed by atoms with Gasteiger partial charge in [-0.15, -0.1) is 0 Å². The number of esters is 1. The van der Waals surface area contributed by atoms with Crippen molar-refractivity contribution in [1.29, 1.82) is 0 Å². The molecule has 0 aromatic heterocycles. The predicted molar refractivity (Wildman–Crippen MR) is 65.0 cm³/mol. The lowest BCUT2D eigenvalue weighted by atomic mass is 9.96. The number of rotatable bonds is 5. The lowest BCUT2D eigenvalue weighted by molar-refractivity contribution is 0.0582. The molecule has 98 valence electrons. The van der Waals surface area contributed by atoms with Gasteiger partial charge in [-0.3, -0.25) is 0 Å². The average molecular weight is 252 g/mol. The van der Waals surface area contributed by atoms with Gasteiger partial charge in [0.15, 0.2) is 0 Å². The van der Waals surface area contributed by atoms with E-state index < -0.39 is 11.9 Å². The molecule has 0 aliphatic rings. The molecule has 0 spiro atoms. The molecule has 0 heterocycles. The van der Waals surface area contributed by atoms with Crippen LogP contribution in [0.5, 0.6) is 5.75 Å². The van der Waals surface area contributed by atoms with Crippen molar-refractivity contribution < 1.29 is 24.5 Å². The maximum absolute atomic E-state index is 11.5. The number of hydrogen-bond donors (Lipinski definition) is 2. The summed E-state index contributed by atoms with van der Waals surface area (Å²) < 4.78 is 4.54. The maximum Gasteiger partial charge on any atom is 0.338 e. The van der Waals surface area contributed by atoms with Crippen LogP contribution in [0.25, 0.3) is 0 Å². The highest BCUT2D eigenvalue weighted by Gasteiger charge is 2.23. The largest absolute Gasteiger partial charge is 0.508 e. The quantitative estimate of drug-likeness (QED) is 0.785. The van der Waals surface area contributed by atoms with Gasteiger partial charge in [0.2, 0.25) is 0 Å². The van der Waals surface area contributed by atoms with Crippen molar-refractivity contribution in [3.8, 4) is 5.75 Å². The molecule has 0 unspecified atom stereocenters. The third kappa shape index (κ3) is 2.80. The van der Waals surface area contributed by atoms with Gasteiger partial charge in [-0.25, -0.2) is 9.59 Å². The van der Waals surface area contributed by atoms with Gasteiger partial charge in [0.05, 0.1) is 18.2 Å². The van der Waals surface area contributed by atoms with E-state index in [9.17, 15) is 19.8 Å². The number of unbranched alkanes of at least 4 members (excludes halogenated alkanes) is 1. The highest BCUT2D eigenvalue weighted by Crippen LogP contribution is 2.27. The smallest absolute Gasteiger partial charge is 0.338 e. The molecule has 0 bridgehead atoms. The molecule has 2 N–H and O–H groups in total. The second-order valence-electron chi connectivity index (χ2n) is 3.89. The Balaban J connectivity index is 3.37. The average Bonchev–Trinajstić information content (AvgIpc) is 2.35. The van der Waals surface area contributed by atoms with Crippen LogP contribution in [0.3, 0.4) is 0 Å². The summed E-state index contributed by atoms with van der Waals surface area (Å²) in [6.07, 6.45) is 2.01. The molecule has 18 heavy (non-hydrogen) atoms. The number of carbonyl (C=O) groups is 2. The van der Waals surface area contributed by atoms with Crippen LogP contribution in [0.1, 0.15) is 46.0 Å². The monoisotopic (exact) mass is 252 g/mol. The molecule has 0 saturated heterocycles. The van der Waals surface area contributed by atoms with Crippen LogP contribution < -0.4 is 0 Å². The summed E-state index contributed by atoms with van der Waals surface area (Å²) in [5.74, 6) is -2.06. The van der Waals surface area contributed by atoms with E-state index in [0.29, 0.717) is 6.42 Å². The number of phenolic OH excluding ortho intramolecular Hbond substituents is 1. The zero-order chi connectivity index (χ0) is 13.7. The molecule has 0 radical (unpaired) electrons. The molecule has 5 heteroatoms. The molecule has 5 nitrogen and oxygen atoms in total. The number of ether oxygens (including phenoxy) is 1. The van der Waals surface area contributed by atoms with Crippen LogP contribution >= 0.6 is 0 Å².